The third-order valence-corrected chi connectivity index (χ3v) is 4.26. The summed E-state index contributed by atoms with van der Waals surface area (Å²) < 4.78 is 17.5. The number of ether oxygens (including phenoxy) is 1. The van der Waals surface area contributed by atoms with Crippen molar-refractivity contribution in [1.82, 2.24) is 0 Å². The normalized spacial score (nSPS) is 14.1. The van der Waals surface area contributed by atoms with Crippen molar-refractivity contribution in [3.8, 4) is 5.75 Å². The molecule has 0 aliphatic heterocycles. The van der Waals surface area contributed by atoms with E-state index in [0.717, 1.165) is 5.56 Å². The Hall–Kier alpha value is -0.640. The predicted molar refractivity (Wildman–Crippen MR) is 84.1 cm³/mol. The lowest BCUT2D eigenvalue weighted by Gasteiger charge is -2.21. The molecule has 0 radical (unpaired) electrons. The molecule has 19 heavy (non-hydrogen) atoms. The van der Waals surface area contributed by atoms with Crippen molar-refractivity contribution < 1.29 is 9.29 Å². The maximum atomic E-state index is 12.0. The first-order valence-electron chi connectivity index (χ1n) is 6.26. The molecular weight excluding hydrogens is 280 g/mol. The monoisotopic (exact) mass is 300 g/mol. The number of halogens is 1. The van der Waals surface area contributed by atoms with Crippen LogP contribution in [0.2, 0.25) is 5.02 Å². The summed E-state index contributed by atoms with van der Waals surface area (Å²) in [6.07, 6.45) is 1.85. The average Bonchev–Trinajstić information content (AvgIpc) is 2.25. The highest BCUT2D eigenvalue weighted by Gasteiger charge is 2.23. The van der Waals surface area contributed by atoms with Crippen LogP contribution in [0, 0.1) is 0 Å². The molecule has 1 atom stereocenters. The first kappa shape index (κ1) is 16.4. The zero-order valence-electron chi connectivity index (χ0n) is 12.1. The van der Waals surface area contributed by atoms with Crippen molar-refractivity contribution in [2.45, 2.75) is 45.5 Å². The summed E-state index contributed by atoms with van der Waals surface area (Å²) in [7, 11) is 0. The zero-order valence-corrected chi connectivity index (χ0v) is 13.6. The lowest BCUT2D eigenvalue weighted by molar-refractivity contribution is 0.242. The molecule has 1 unspecified atom stereocenters. The van der Waals surface area contributed by atoms with E-state index in [2.05, 4.69) is 0 Å². The van der Waals surface area contributed by atoms with Crippen LogP contribution in [0.4, 0.5) is 0 Å². The maximum Gasteiger partial charge on any atom is 0.128 e. The average molecular weight is 301 g/mol. The summed E-state index contributed by atoms with van der Waals surface area (Å²) in [4.78, 5) is 0. The molecule has 0 heterocycles. The summed E-state index contributed by atoms with van der Waals surface area (Å²) in [6, 6.07) is 5.51. The highest BCUT2D eigenvalue weighted by atomic mass is 35.5. The second-order valence-electron chi connectivity index (χ2n) is 5.53. The van der Waals surface area contributed by atoms with Crippen LogP contribution in [0.25, 0.3) is 6.08 Å². The summed E-state index contributed by atoms with van der Waals surface area (Å²) in [5.41, 5.74) is 0.774. The van der Waals surface area contributed by atoms with Crippen molar-refractivity contribution >= 4 is 28.9 Å². The van der Waals surface area contributed by atoms with Gasteiger partial charge in [-0.1, -0.05) is 17.7 Å². The Labute approximate surface area is 124 Å². The molecule has 0 aliphatic rings. The van der Waals surface area contributed by atoms with Gasteiger partial charge < -0.3 is 9.29 Å². The third kappa shape index (κ3) is 5.09. The molecule has 0 fully saturated rings. The molecule has 0 bridgehead atoms. The fraction of sp³-hybridized carbons (Fsp3) is 0.467. The van der Waals surface area contributed by atoms with Crippen LogP contribution in [0.5, 0.6) is 5.75 Å². The minimum atomic E-state index is -1.06. The predicted octanol–water partition coefficient (Wildman–Crippen LogP) is 4.65. The van der Waals surface area contributed by atoms with Crippen molar-refractivity contribution in [2.24, 2.45) is 0 Å². The first-order chi connectivity index (χ1) is 8.71. The van der Waals surface area contributed by atoms with Gasteiger partial charge in [-0.05, 0) is 64.0 Å². The van der Waals surface area contributed by atoms with Crippen LogP contribution in [0.3, 0.4) is 0 Å². The van der Waals surface area contributed by atoms with Gasteiger partial charge in [0, 0.05) is 5.56 Å². The minimum absolute atomic E-state index is 0.0683. The third-order valence-electron chi connectivity index (χ3n) is 2.34. The van der Waals surface area contributed by atoms with Crippen molar-refractivity contribution in [3.63, 3.8) is 0 Å². The second-order valence-corrected chi connectivity index (χ2v) is 8.03. The Bertz CT molecular complexity index is 450. The van der Waals surface area contributed by atoms with Crippen LogP contribution < -0.4 is 4.74 Å². The molecular formula is C15H21ClO2S. The highest BCUT2D eigenvalue weighted by Crippen LogP contribution is 2.29. The molecule has 106 valence electrons. The molecule has 1 aromatic rings. The van der Waals surface area contributed by atoms with Crippen molar-refractivity contribution in [2.75, 3.05) is 0 Å². The van der Waals surface area contributed by atoms with E-state index < -0.39 is 11.2 Å². The van der Waals surface area contributed by atoms with Gasteiger partial charge in [-0.2, -0.15) is 0 Å². The summed E-state index contributed by atoms with van der Waals surface area (Å²) >= 11 is 5.12. The van der Waals surface area contributed by atoms with E-state index in [1.807, 2.05) is 46.8 Å². The quantitative estimate of drug-likeness (QED) is 0.758. The maximum absolute atomic E-state index is 12.0. The molecule has 0 N–H and O–H groups in total. The zero-order chi connectivity index (χ0) is 14.6. The standard InChI is InChI=1S/C15H21ClO2S/c1-11(2)18-14-8-6-7-13(16)12(14)9-10-19(17)15(3,4)5/h6-11H,1-5H3/b10-9+. The molecule has 2 nitrogen and oxygen atoms in total. The molecule has 0 spiro atoms. The molecule has 4 heteroatoms. The van der Waals surface area contributed by atoms with Crippen molar-refractivity contribution in [3.05, 3.63) is 34.2 Å². The van der Waals surface area contributed by atoms with Gasteiger partial charge in [0.1, 0.15) is 15.9 Å². The lowest BCUT2D eigenvalue weighted by Crippen LogP contribution is -2.25. The Morgan fingerprint density at radius 3 is 2.47 bits per heavy atom. The van der Waals surface area contributed by atoms with Crippen LogP contribution in [-0.2, 0) is 11.2 Å². The minimum Gasteiger partial charge on any atom is -0.611 e. The van der Waals surface area contributed by atoms with Crippen LogP contribution >= 0.6 is 11.6 Å². The lowest BCUT2D eigenvalue weighted by atomic mass is 10.2. The summed E-state index contributed by atoms with van der Waals surface area (Å²) in [5, 5.41) is 2.27. The van der Waals surface area contributed by atoms with E-state index in [4.69, 9.17) is 16.3 Å². The van der Waals surface area contributed by atoms with E-state index in [1.54, 1.807) is 17.6 Å². The Kier molecular flexibility index (Phi) is 5.78. The topological polar surface area (TPSA) is 32.3 Å². The Morgan fingerprint density at radius 1 is 1.32 bits per heavy atom. The molecule has 0 saturated heterocycles. The summed E-state index contributed by atoms with van der Waals surface area (Å²) in [5.74, 6) is 0.713. The van der Waals surface area contributed by atoms with Crippen LogP contribution in [0.15, 0.2) is 23.6 Å². The van der Waals surface area contributed by atoms with Gasteiger partial charge in [-0.25, -0.2) is 0 Å². The molecule has 0 aliphatic carbocycles. The van der Waals surface area contributed by atoms with Crippen LogP contribution in [-0.4, -0.2) is 15.4 Å². The number of benzene rings is 1. The number of hydrogen-bond donors (Lipinski definition) is 0. The molecule has 1 aromatic carbocycles. The number of hydrogen-bond acceptors (Lipinski definition) is 2. The van der Waals surface area contributed by atoms with Crippen molar-refractivity contribution in [1.29, 1.82) is 0 Å². The van der Waals surface area contributed by atoms with Crippen LogP contribution in [0.1, 0.15) is 40.2 Å². The molecule has 0 amide bonds. The largest absolute Gasteiger partial charge is 0.611 e. The second kappa shape index (κ2) is 6.69. The van der Waals surface area contributed by atoms with E-state index >= 15 is 0 Å². The first-order valence-corrected chi connectivity index (χ1v) is 7.85. The number of rotatable bonds is 4. The Morgan fingerprint density at radius 2 is 1.95 bits per heavy atom. The SMILES string of the molecule is CC(C)Oc1cccc(Cl)c1/C=C/[S+]([O-])C(C)(C)C. The smallest absolute Gasteiger partial charge is 0.128 e. The van der Waals surface area contributed by atoms with E-state index in [0.29, 0.717) is 10.8 Å². The molecule has 1 rings (SSSR count). The van der Waals surface area contributed by atoms with Gasteiger partial charge in [-0.3, -0.25) is 0 Å². The van der Waals surface area contributed by atoms with E-state index in [1.165, 1.54) is 0 Å². The van der Waals surface area contributed by atoms with Gasteiger partial charge in [0.15, 0.2) is 0 Å². The fourth-order valence-electron chi connectivity index (χ4n) is 1.37. The summed E-state index contributed by atoms with van der Waals surface area (Å²) in [6.45, 7) is 9.73. The van der Waals surface area contributed by atoms with Gasteiger partial charge >= 0.3 is 0 Å². The fourth-order valence-corrected chi connectivity index (χ4v) is 2.27. The van der Waals surface area contributed by atoms with E-state index in [9.17, 15) is 4.55 Å². The van der Waals surface area contributed by atoms with Gasteiger partial charge in [0.05, 0.1) is 11.1 Å². The van der Waals surface area contributed by atoms with Gasteiger partial charge in [-0.15, -0.1) is 0 Å². The highest BCUT2D eigenvalue weighted by molar-refractivity contribution is 7.95. The molecule has 0 aromatic heterocycles. The Balaban J connectivity index is 3.02. The molecule has 0 saturated carbocycles. The van der Waals surface area contributed by atoms with Gasteiger partial charge in [0.25, 0.3) is 0 Å². The van der Waals surface area contributed by atoms with E-state index in [-0.39, 0.29) is 10.9 Å². The van der Waals surface area contributed by atoms with Gasteiger partial charge in [0.2, 0.25) is 0 Å².